The molecule has 0 aromatic heterocycles. The minimum atomic E-state index is -1.30. The normalized spacial score (nSPS) is 13.8. The largest absolute Gasteiger partial charge is 0.394 e. The zero-order valence-corrected chi connectivity index (χ0v) is 51.7. The Morgan fingerprint density at radius 1 is 0.312 bits per heavy atom. The van der Waals surface area contributed by atoms with Crippen LogP contribution in [0.4, 0.5) is 0 Å². The first-order valence-corrected chi connectivity index (χ1v) is 34.5. The maximum Gasteiger partial charge on any atom is 0.249 e. The first kappa shape index (κ1) is 75.3. The molecule has 4 atom stereocenters. The maximum absolute atomic E-state index is 12.6. The minimum Gasteiger partial charge on any atom is -0.394 e. The molecule has 0 aromatic rings. The molecule has 454 valence electrons. The summed E-state index contributed by atoms with van der Waals surface area (Å²) in [5.41, 5.74) is 0. The second-order valence-electron chi connectivity index (χ2n) is 23.8. The van der Waals surface area contributed by atoms with Crippen LogP contribution < -0.4 is 5.32 Å². The number of amides is 1. The highest BCUT2D eigenvalue weighted by Gasteiger charge is 2.28. The molecule has 0 bridgehead atoms. The van der Waals surface area contributed by atoms with Crippen molar-refractivity contribution in [3.8, 4) is 0 Å². The molecule has 0 saturated carbocycles. The van der Waals surface area contributed by atoms with Gasteiger partial charge in [-0.25, -0.2) is 0 Å². The SMILES string of the molecule is CCCCCCCCCCCCCC/C=C/CC/C=C/CC/C=C/CCCC(O)C(O)C(CO)NC(=O)C(O)CCCCCCCCCCCCCCCCCC/C=C\CCCCCCCCCCCCCCCCCC. The van der Waals surface area contributed by atoms with Crippen LogP contribution in [0.5, 0.6) is 0 Å². The molecule has 0 aliphatic carbocycles. The lowest BCUT2D eigenvalue weighted by Gasteiger charge is -2.27. The first-order valence-electron chi connectivity index (χ1n) is 34.5. The fraction of sp³-hybridized carbons (Fsp3) is 0.873. The van der Waals surface area contributed by atoms with Gasteiger partial charge in [-0.1, -0.05) is 326 Å². The average molecular weight is 1080 g/mol. The van der Waals surface area contributed by atoms with Crippen LogP contribution in [0.1, 0.15) is 367 Å². The van der Waals surface area contributed by atoms with E-state index in [-0.39, 0.29) is 0 Å². The van der Waals surface area contributed by atoms with Crippen molar-refractivity contribution in [2.75, 3.05) is 6.61 Å². The number of carbonyl (C=O) groups excluding carboxylic acids is 1. The van der Waals surface area contributed by atoms with Crippen LogP contribution in [0.15, 0.2) is 48.6 Å². The number of carbonyl (C=O) groups is 1. The van der Waals surface area contributed by atoms with E-state index >= 15 is 0 Å². The molecule has 0 aliphatic rings. The first-order chi connectivity index (χ1) is 38.0. The van der Waals surface area contributed by atoms with Gasteiger partial charge in [0.2, 0.25) is 5.91 Å². The summed E-state index contributed by atoms with van der Waals surface area (Å²) >= 11 is 0. The minimum absolute atomic E-state index is 0.360. The summed E-state index contributed by atoms with van der Waals surface area (Å²) in [5, 5.41) is 44.1. The van der Waals surface area contributed by atoms with Crippen LogP contribution in [-0.2, 0) is 4.79 Å². The van der Waals surface area contributed by atoms with Crippen LogP contribution in [0.25, 0.3) is 0 Å². The van der Waals surface area contributed by atoms with E-state index < -0.39 is 36.9 Å². The van der Waals surface area contributed by atoms with Crippen LogP contribution in [0, 0.1) is 0 Å². The summed E-state index contributed by atoms with van der Waals surface area (Å²) in [4.78, 5) is 12.6. The molecule has 0 radical (unpaired) electrons. The van der Waals surface area contributed by atoms with E-state index in [4.69, 9.17) is 0 Å². The lowest BCUT2D eigenvalue weighted by molar-refractivity contribution is -0.132. The zero-order chi connectivity index (χ0) is 55.8. The number of rotatable bonds is 64. The Labute approximate surface area is 480 Å². The third-order valence-electron chi connectivity index (χ3n) is 16.2. The van der Waals surface area contributed by atoms with E-state index in [1.165, 1.54) is 283 Å². The highest BCUT2D eigenvalue weighted by molar-refractivity contribution is 5.80. The van der Waals surface area contributed by atoms with Crippen molar-refractivity contribution in [2.24, 2.45) is 0 Å². The molecule has 1 amide bonds. The van der Waals surface area contributed by atoms with Gasteiger partial charge < -0.3 is 25.7 Å². The number of allylic oxidation sites excluding steroid dienone is 8. The number of nitrogens with one attached hydrogen (secondary N) is 1. The van der Waals surface area contributed by atoms with E-state index in [0.29, 0.717) is 19.3 Å². The van der Waals surface area contributed by atoms with Crippen LogP contribution in [0.3, 0.4) is 0 Å². The number of aliphatic hydroxyl groups excluding tert-OH is 4. The third-order valence-corrected chi connectivity index (χ3v) is 16.2. The topological polar surface area (TPSA) is 110 Å². The van der Waals surface area contributed by atoms with E-state index in [2.05, 4.69) is 67.8 Å². The Kier molecular flexibility index (Phi) is 63.6. The molecule has 0 heterocycles. The van der Waals surface area contributed by atoms with E-state index in [9.17, 15) is 25.2 Å². The molecule has 0 fully saturated rings. The fourth-order valence-corrected chi connectivity index (χ4v) is 10.8. The predicted molar refractivity (Wildman–Crippen MR) is 339 cm³/mol. The Morgan fingerprint density at radius 2 is 0.545 bits per heavy atom. The van der Waals surface area contributed by atoms with Gasteiger partial charge in [0.05, 0.1) is 18.8 Å². The van der Waals surface area contributed by atoms with Gasteiger partial charge in [0, 0.05) is 0 Å². The second kappa shape index (κ2) is 65.1. The van der Waals surface area contributed by atoms with Gasteiger partial charge in [0.25, 0.3) is 0 Å². The predicted octanol–water partition coefficient (Wildman–Crippen LogP) is 21.3. The van der Waals surface area contributed by atoms with Crippen LogP contribution in [0.2, 0.25) is 0 Å². The van der Waals surface area contributed by atoms with E-state index in [0.717, 1.165) is 51.4 Å². The van der Waals surface area contributed by atoms with Gasteiger partial charge in [-0.2, -0.15) is 0 Å². The van der Waals surface area contributed by atoms with Crippen molar-refractivity contribution in [3.05, 3.63) is 48.6 Å². The number of unbranched alkanes of at least 4 members (excludes halogenated alkanes) is 47. The zero-order valence-electron chi connectivity index (χ0n) is 51.7. The van der Waals surface area contributed by atoms with Gasteiger partial charge in [0.1, 0.15) is 12.2 Å². The Morgan fingerprint density at radius 3 is 0.818 bits per heavy atom. The Bertz CT molecular complexity index is 1260. The third kappa shape index (κ3) is 58.7. The molecule has 5 N–H and O–H groups in total. The standard InChI is InChI=1S/C71H135NO5/c1-3-5-7-9-11-13-15-17-19-21-23-25-27-29-30-31-32-33-34-35-36-37-38-39-41-43-45-47-49-51-53-55-57-59-61-63-65-69(75)71(77)72-67(66-73)70(76)68(74)64-62-60-58-56-54-52-50-48-46-44-42-40-28-26-24-22-20-18-16-14-12-10-8-6-4-2/h33-34,40,42,48,50,56,58,67-70,73-76H,3-32,35-39,41,43-47,49,51-55,57,59-66H2,1-2H3,(H,72,77)/b34-33-,42-40+,50-48+,58-56+. The highest BCUT2D eigenvalue weighted by atomic mass is 16.3. The molecule has 77 heavy (non-hydrogen) atoms. The Balaban J connectivity index is 3.59. The summed E-state index contributed by atoms with van der Waals surface area (Å²) in [7, 11) is 0. The maximum atomic E-state index is 12.6. The van der Waals surface area contributed by atoms with Crippen LogP contribution in [-0.4, -0.2) is 57.3 Å². The van der Waals surface area contributed by atoms with Gasteiger partial charge >= 0.3 is 0 Å². The Hall–Kier alpha value is -1.73. The summed E-state index contributed by atoms with van der Waals surface area (Å²) in [6, 6.07) is -1.01. The molecule has 0 rings (SSSR count). The van der Waals surface area contributed by atoms with E-state index in [1.807, 2.05) is 0 Å². The van der Waals surface area contributed by atoms with Crippen molar-refractivity contribution in [1.29, 1.82) is 0 Å². The van der Waals surface area contributed by atoms with Crippen molar-refractivity contribution in [2.45, 2.75) is 391 Å². The molecule has 0 saturated heterocycles. The molecule has 4 unspecified atom stereocenters. The lowest BCUT2D eigenvalue weighted by atomic mass is 10.00. The van der Waals surface area contributed by atoms with Crippen LogP contribution >= 0.6 is 0 Å². The number of hydrogen-bond acceptors (Lipinski definition) is 5. The summed E-state index contributed by atoms with van der Waals surface area (Å²) < 4.78 is 0. The van der Waals surface area contributed by atoms with Gasteiger partial charge in [-0.15, -0.1) is 0 Å². The van der Waals surface area contributed by atoms with Crippen molar-refractivity contribution >= 4 is 5.91 Å². The molecular weight excluding hydrogens is 947 g/mol. The molecule has 6 heteroatoms. The molecule has 0 aliphatic heterocycles. The highest BCUT2D eigenvalue weighted by Crippen LogP contribution is 2.18. The number of hydrogen-bond donors (Lipinski definition) is 5. The van der Waals surface area contributed by atoms with Gasteiger partial charge in [-0.05, 0) is 89.9 Å². The number of aliphatic hydroxyl groups is 4. The molecule has 0 aromatic carbocycles. The van der Waals surface area contributed by atoms with E-state index in [1.54, 1.807) is 0 Å². The summed E-state index contributed by atoms with van der Waals surface area (Å²) in [6.45, 7) is 4.08. The average Bonchev–Trinajstić information content (AvgIpc) is 3.43. The smallest absolute Gasteiger partial charge is 0.249 e. The quantitative estimate of drug-likeness (QED) is 0.0308. The molecule has 6 nitrogen and oxygen atoms in total. The fourth-order valence-electron chi connectivity index (χ4n) is 10.8. The summed E-state index contributed by atoms with van der Waals surface area (Å²) in [6.07, 6.45) is 85.2. The monoisotopic (exact) mass is 1080 g/mol. The van der Waals surface area contributed by atoms with Crippen molar-refractivity contribution in [3.63, 3.8) is 0 Å². The van der Waals surface area contributed by atoms with Crippen molar-refractivity contribution in [1.82, 2.24) is 5.32 Å². The summed E-state index contributed by atoms with van der Waals surface area (Å²) in [5.74, 6) is -0.595. The second-order valence-corrected chi connectivity index (χ2v) is 23.8. The lowest BCUT2D eigenvalue weighted by Crippen LogP contribution is -2.53. The van der Waals surface area contributed by atoms with Crippen molar-refractivity contribution < 1.29 is 25.2 Å². The van der Waals surface area contributed by atoms with Gasteiger partial charge in [0.15, 0.2) is 0 Å². The van der Waals surface area contributed by atoms with Gasteiger partial charge in [-0.3, -0.25) is 4.79 Å². The molecule has 0 spiro atoms. The molecular formula is C71H135NO5.